The Morgan fingerprint density at radius 1 is 0.943 bits per heavy atom. The zero-order valence-corrected chi connectivity index (χ0v) is 20.2. The molecule has 0 radical (unpaired) electrons. The van der Waals surface area contributed by atoms with Crippen LogP contribution in [0.25, 0.3) is 0 Å². The van der Waals surface area contributed by atoms with E-state index < -0.39 is 0 Å². The minimum absolute atomic E-state index is 0.0862. The predicted octanol–water partition coefficient (Wildman–Crippen LogP) is 4.50. The van der Waals surface area contributed by atoms with Crippen molar-refractivity contribution in [2.75, 3.05) is 0 Å². The fourth-order valence-electron chi connectivity index (χ4n) is 3.63. The Labute approximate surface area is 209 Å². The first-order valence-electron chi connectivity index (χ1n) is 11.3. The molecular formula is C27H28ClFN4O2. The molecule has 6 nitrogen and oxygen atoms in total. The quantitative estimate of drug-likeness (QED) is 0.246. The average molecular weight is 495 g/mol. The summed E-state index contributed by atoms with van der Waals surface area (Å²) in [6, 6.07) is 16.8. The number of nitrogen functional groups attached to an aromatic ring is 1. The van der Waals surface area contributed by atoms with Crippen LogP contribution >= 0.6 is 11.6 Å². The molecule has 0 saturated heterocycles. The molecule has 0 spiro atoms. The lowest BCUT2D eigenvalue weighted by atomic mass is 9.98. The van der Waals surface area contributed by atoms with E-state index in [9.17, 15) is 14.0 Å². The third-order valence-electron chi connectivity index (χ3n) is 5.64. The van der Waals surface area contributed by atoms with Gasteiger partial charge in [-0.15, -0.1) is 0 Å². The fraction of sp³-hybridized carbons (Fsp3) is 0.222. The van der Waals surface area contributed by atoms with Gasteiger partial charge in [0.1, 0.15) is 11.7 Å². The Bertz CT molecular complexity index is 1250. The number of nitrogens with two attached hydrogens (primary N) is 1. The molecule has 3 aromatic carbocycles. The SMILES string of the molecule is CCc1cc(Cl)cc(C(=O)NCc2ccc(C(=N)N)cc2CCC(=O)NCc2ccccc2F)c1. The summed E-state index contributed by atoms with van der Waals surface area (Å²) >= 11 is 6.14. The van der Waals surface area contributed by atoms with Gasteiger partial charge in [-0.3, -0.25) is 15.0 Å². The lowest BCUT2D eigenvalue weighted by Crippen LogP contribution is -2.25. The molecule has 0 fully saturated rings. The summed E-state index contributed by atoms with van der Waals surface area (Å²) in [6.45, 7) is 2.32. The third kappa shape index (κ3) is 7.39. The molecule has 0 aliphatic carbocycles. The number of carbonyl (C=O) groups is 2. The number of aryl methyl sites for hydroxylation is 2. The van der Waals surface area contributed by atoms with E-state index in [-0.39, 0.29) is 43.0 Å². The van der Waals surface area contributed by atoms with E-state index in [1.807, 2.05) is 13.0 Å². The van der Waals surface area contributed by atoms with Gasteiger partial charge in [-0.25, -0.2) is 4.39 Å². The maximum absolute atomic E-state index is 13.8. The number of carbonyl (C=O) groups excluding carboxylic acids is 2. The van der Waals surface area contributed by atoms with E-state index in [1.54, 1.807) is 48.5 Å². The zero-order chi connectivity index (χ0) is 25.4. The van der Waals surface area contributed by atoms with E-state index in [0.29, 0.717) is 28.1 Å². The second-order valence-electron chi connectivity index (χ2n) is 8.15. The number of hydrogen-bond donors (Lipinski definition) is 4. The molecule has 0 aromatic heterocycles. The summed E-state index contributed by atoms with van der Waals surface area (Å²) in [5.74, 6) is -0.948. The molecule has 2 amide bonds. The highest BCUT2D eigenvalue weighted by molar-refractivity contribution is 6.31. The Morgan fingerprint density at radius 3 is 2.40 bits per heavy atom. The van der Waals surface area contributed by atoms with E-state index in [1.165, 1.54) is 6.07 Å². The van der Waals surface area contributed by atoms with Crippen molar-refractivity contribution in [3.05, 3.63) is 105 Å². The number of amides is 2. The van der Waals surface area contributed by atoms with Gasteiger partial charge in [-0.05, 0) is 59.9 Å². The maximum atomic E-state index is 13.8. The van der Waals surface area contributed by atoms with Crippen molar-refractivity contribution >= 4 is 29.3 Å². The van der Waals surface area contributed by atoms with Crippen LogP contribution in [0.4, 0.5) is 4.39 Å². The standard InChI is InChI=1S/C27H28ClFN4O2/c1-2-17-11-22(14-23(28)12-17)27(35)33-15-20-8-7-19(26(30)31)13-18(20)9-10-25(34)32-16-21-5-3-4-6-24(21)29/h3-8,11-14H,2,9-10,15-16H2,1H3,(H3,30,31)(H,32,34)(H,33,35). The van der Waals surface area contributed by atoms with Gasteiger partial charge >= 0.3 is 0 Å². The number of nitrogens with one attached hydrogen (secondary N) is 3. The van der Waals surface area contributed by atoms with Crippen LogP contribution in [-0.4, -0.2) is 17.6 Å². The minimum atomic E-state index is -0.370. The Morgan fingerprint density at radius 2 is 1.69 bits per heavy atom. The van der Waals surface area contributed by atoms with E-state index in [2.05, 4.69) is 10.6 Å². The van der Waals surface area contributed by atoms with Crippen molar-refractivity contribution in [3.8, 4) is 0 Å². The molecule has 182 valence electrons. The first kappa shape index (κ1) is 25.9. The largest absolute Gasteiger partial charge is 0.384 e. The summed E-state index contributed by atoms with van der Waals surface area (Å²) in [7, 11) is 0. The molecule has 0 heterocycles. The summed E-state index contributed by atoms with van der Waals surface area (Å²) in [6.07, 6.45) is 1.29. The monoisotopic (exact) mass is 494 g/mol. The van der Waals surface area contributed by atoms with Crippen molar-refractivity contribution in [1.82, 2.24) is 10.6 Å². The number of hydrogen-bond acceptors (Lipinski definition) is 3. The van der Waals surface area contributed by atoms with E-state index in [0.717, 1.165) is 23.1 Å². The molecule has 3 aromatic rings. The molecule has 0 saturated carbocycles. The molecule has 35 heavy (non-hydrogen) atoms. The van der Waals surface area contributed by atoms with Crippen LogP contribution in [0.15, 0.2) is 60.7 Å². The van der Waals surface area contributed by atoms with Gasteiger partial charge in [0.25, 0.3) is 5.91 Å². The molecule has 8 heteroatoms. The Hall–Kier alpha value is -3.71. The predicted molar refractivity (Wildman–Crippen MR) is 136 cm³/mol. The lowest BCUT2D eigenvalue weighted by molar-refractivity contribution is -0.121. The molecule has 0 unspecified atom stereocenters. The highest BCUT2D eigenvalue weighted by Gasteiger charge is 2.12. The fourth-order valence-corrected chi connectivity index (χ4v) is 3.89. The highest BCUT2D eigenvalue weighted by atomic mass is 35.5. The van der Waals surface area contributed by atoms with Crippen LogP contribution in [0.2, 0.25) is 5.02 Å². The normalized spacial score (nSPS) is 10.6. The van der Waals surface area contributed by atoms with Gasteiger partial charge < -0.3 is 16.4 Å². The maximum Gasteiger partial charge on any atom is 0.251 e. The van der Waals surface area contributed by atoms with Crippen molar-refractivity contribution in [1.29, 1.82) is 5.41 Å². The van der Waals surface area contributed by atoms with E-state index in [4.69, 9.17) is 22.7 Å². The van der Waals surface area contributed by atoms with Gasteiger partial charge in [0.15, 0.2) is 0 Å². The van der Waals surface area contributed by atoms with E-state index >= 15 is 0 Å². The Kier molecular flexibility index (Phi) is 8.98. The van der Waals surface area contributed by atoms with Crippen LogP contribution in [0.3, 0.4) is 0 Å². The van der Waals surface area contributed by atoms with Crippen LogP contribution in [-0.2, 0) is 30.7 Å². The number of benzene rings is 3. The first-order chi connectivity index (χ1) is 16.8. The van der Waals surface area contributed by atoms with Gasteiger partial charge in [0, 0.05) is 41.2 Å². The highest BCUT2D eigenvalue weighted by Crippen LogP contribution is 2.18. The average Bonchev–Trinajstić information content (AvgIpc) is 2.85. The summed E-state index contributed by atoms with van der Waals surface area (Å²) in [4.78, 5) is 25.1. The van der Waals surface area contributed by atoms with Crippen molar-refractivity contribution in [3.63, 3.8) is 0 Å². The van der Waals surface area contributed by atoms with Crippen molar-refractivity contribution < 1.29 is 14.0 Å². The van der Waals surface area contributed by atoms with Gasteiger partial charge in [0.2, 0.25) is 5.91 Å². The third-order valence-corrected chi connectivity index (χ3v) is 5.86. The smallest absolute Gasteiger partial charge is 0.251 e. The molecule has 5 N–H and O–H groups in total. The minimum Gasteiger partial charge on any atom is -0.384 e. The summed E-state index contributed by atoms with van der Waals surface area (Å²) in [5.41, 5.74) is 9.63. The van der Waals surface area contributed by atoms with Crippen LogP contribution < -0.4 is 16.4 Å². The number of rotatable bonds is 10. The molecule has 0 bridgehead atoms. The molecular weight excluding hydrogens is 467 g/mol. The van der Waals surface area contributed by atoms with Crippen LogP contribution in [0.1, 0.15) is 51.5 Å². The van der Waals surface area contributed by atoms with Gasteiger partial charge in [-0.1, -0.05) is 48.9 Å². The zero-order valence-electron chi connectivity index (χ0n) is 19.5. The number of halogens is 2. The number of amidine groups is 1. The topological polar surface area (TPSA) is 108 Å². The molecule has 3 rings (SSSR count). The van der Waals surface area contributed by atoms with Crippen LogP contribution in [0, 0.1) is 11.2 Å². The molecule has 0 aliphatic rings. The second kappa shape index (κ2) is 12.1. The second-order valence-corrected chi connectivity index (χ2v) is 8.59. The summed E-state index contributed by atoms with van der Waals surface area (Å²) in [5, 5.41) is 13.8. The Balaban J connectivity index is 1.67. The first-order valence-corrected chi connectivity index (χ1v) is 11.7. The van der Waals surface area contributed by atoms with Crippen molar-refractivity contribution in [2.24, 2.45) is 5.73 Å². The molecule has 0 aliphatic heterocycles. The van der Waals surface area contributed by atoms with Crippen molar-refractivity contribution in [2.45, 2.75) is 39.3 Å². The van der Waals surface area contributed by atoms with Gasteiger partial charge in [0.05, 0.1) is 0 Å². The van der Waals surface area contributed by atoms with Gasteiger partial charge in [-0.2, -0.15) is 0 Å². The summed E-state index contributed by atoms with van der Waals surface area (Å²) < 4.78 is 13.8. The molecule has 0 atom stereocenters. The lowest BCUT2D eigenvalue weighted by Gasteiger charge is -2.13. The van der Waals surface area contributed by atoms with Crippen LogP contribution in [0.5, 0.6) is 0 Å².